The van der Waals surface area contributed by atoms with Gasteiger partial charge in [0.2, 0.25) is 0 Å². The van der Waals surface area contributed by atoms with Gasteiger partial charge in [-0.2, -0.15) is 0 Å². The van der Waals surface area contributed by atoms with Gasteiger partial charge in [0.05, 0.1) is 0 Å². The van der Waals surface area contributed by atoms with Gasteiger partial charge in [-0.05, 0) is 60.4 Å². The van der Waals surface area contributed by atoms with Gasteiger partial charge in [-0.3, -0.25) is 0 Å². The van der Waals surface area contributed by atoms with Crippen molar-refractivity contribution in [3.05, 3.63) is 58.7 Å². The largest absolute Gasteiger partial charge is 0.0646 e. The SMILES string of the molecule is CCC(C)(C)c1ccc(-c2c(C)cc(C)cc2C)cc1. The molecule has 0 aromatic heterocycles. The molecule has 0 amide bonds. The molecule has 0 N–H and O–H groups in total. The maximum absolute atomic E-state index is 2.31. The van der Waals surface area contributed by atoms with Crippen LogP contribution in [-0.2, 0) is 5.41 Å². The summed E-state index contributed by atoms with van der Waals surface area (Å²) in [7, 11) is 0. The number of hydrogen-bond donors (Lipinski definition) is 0. The summed E-state index contributed by atoms with van der Waals surface area (Å²) in [5.74, 6) is 0. The maximum atomic E-state index is 2.31. The van der Waals surface area contributed by atoms with Crippen LogP contribution in [0.3, 0.4) is 0 Å². The third-order valence-electron chi connectivity index (χ3n) is 4.52. The molecule has 0 heterocycles. The standard InChI is InChI=1S/C20H26/c1-7-20(5,6)18-10-8-17(9-11-18)19-15(3)12-14(2)13-16(19)4/h8-13H,7H2,1-6H3. The zero-order valence-corrected chi connectivity index (χ0v) is 13.7. The highest BCUT2D eigenvalue weighted by molar-refractivity contribution is 5.71. The Morgan fingerprint density at radius 3 is 1.80 bits per heavy atom. The summed E-state index contributed by atoms with van der Waals surface area (Å²) in [5.41, 5.74) is 8.47. The summed E-state index contributed by atoms with van der Waals surface area (Å²) >= 11 is 0. The highest BCUT2D eigenvalue weighted by Gasteiger charge is 2.17. The van der Waals surface area contributed by atoms with Crippen molar-refractivity contribution >= 4 is 0 Å². The molecule has 0 atom stereocenters. The van der Waals surface area contributed by atoms with E-state index in [4.69, 9.17) is 0 Å². The Morgan fingerprint density at radius 1 is 0.850 bits per heavy atom. The van der Waals surface area contributed by atoms with Gasteiger partial charge >= 0.3 is 0 Å². The van der Waals surface area contributed by atoms with E-state index in [0.717, 1.165) is 6.42 Å². The second-order valence-electron chi connectivity index (χ2n) is 6.59. The normalized spacial score (nSPS) is 11.7. The summed E-state index contributed by atoms with van der Waals surface area (Å²) in [4.78, 5) is 0. The van der Waals surface area contributed by atoms with E-state index >= 15 is 0 Å². The summed E-state index contributed by atoms with van der Waals surface area (Å²) < 4.78 is 0. The van der Waals surface area contributed by atoms with Crippen LogP contribution >= 0.6 is 0 Å². The monoisotopic (exact) mass is 266 g/mol. The minimum Gasteiger partial charge on any atom is -0.0646 e. The van der Waals surface area contributed by atoms with E-state index in [-0.39, 0.29) is 5.41 Å². The predicted octanol–water partition coefficient (Wildman–Crippen LogP) is 5.97. The molecule has 0 nitrogen and oxygen atoms in total. The van der Waals surface area contributed by atoms with E-state index in [1.54, 1.807) is 0 Å². The number of aryl methyl sites for hydroxylation is 3. The van der Waals surface area contributed by atoms with Crippen molar-refractivity contribution in [3.63, 3.8) is 0 Å². The van der Waals surface area contributed by atoms with Gasteiger partial charge in [0, 0.05) is 0 Å². The first-order valence-electron chi connectivity index (χ1n) is 7.54. The molecule has 0 fully saturated rings. The summed E-state index contributed by atoms with van der Waals surface area (Å²) in [6.07, 6.45) is 1.16. The van der Waals surface area contributed by atoms with Crippen LogP contribution in [0.25, 0.3) is 11.1 Å². The van der Waals surface area contributed by atoms with Crippen LogP contribution in [-0.4, -0.2) is 0 Å². The molecule has 106 valence electrons. The van der Waals surface area contributed by atoms with E-state index in [1.807, 2.05) is 0 Å². The van der Waals surface area contributed by atoms with Gasteiger partial charge in [-0.25, -0.2) is 0 Å². The molecule has 0 radical (unpaired) electrons. The molecule has 0 unspecified atom stereocenters. The predicted molar refractivity (Wildman–Crippen MR) is 89.4 cm³/mol. The molecule has 0 saturated heterocycles. The van der Waals surface area contributed by atoms with Gasteiger partial charge in [-0.15, -0.1) is 0 Å². The van der Waals surface area contributed by atoms with Crippen molar-refractivity contribution in [2.75, 3.05) is 0 Å². The lowest BCUT2D eigenvalue weighted by Gasteiger charge is -2.23. The van der Waals surface area contributed by atoms with E-state index < -0.39 is 0 Å². The maximum Gasteiger partial charge on any atom is -0.0106 e. The highest BCUT2D eigenvalue weighted by atomic mass is 14.2. The minimum absolute atomic E-state index is 0.260. The molecule has 0 heteroatoms. The van der Waals surface area contributed by atoms with Crippen LogP contribution in [0.5, 0.6) is 0 Å². The Labute approximate surface area is 123 Å². The average molecular weight is 266 g/mol. The molecule has 0 bridgehead atoms. The molecule has 0 saturated carbocycles. The second-order valence-corrected chi connectivity index (χ2v) is 6.59. The van der Waals surface area contributed by atoms with Crippen molar-refractivity contribution in [3.8, 4) is 11.1 Å². The average Bonchev–Trinajstić information content (AvgIpc) is 2.38. The van der Waals surface area contributed by atoms with E-state index in [9.17, 15) is 0 Å². The van der Waals surface area contributed by atoms with Crippen LogP contribution in [0.2, 0.25) is 0 Å². The van der Waals surface area contributed by atoms with Crippen molar-refractivity contribution in [2.45, 2.75) is 53.4 Å². The molecule has 2 rings (SSSR count). The fraction of sp³-hybridized carbons (Fsp3) is 0.400. The van der Waals surface area contributed by atoms with Crippen molar-refractivity contribution in [1.82, 2.24) is 0 Å². The Kier molecular flexibility index (Phi) is 4.04. The minimum atomic E-state index is 0.260. The molecule has 0 aliphatic rings. The highest BCUT2D eigenvalue weighted by Crippen LogP contribution is 2.32. The van der Waals surface area contributed by atoms with Gasteiger partial charge in [0.15, 0.2) is 0 Å². The van der Waals surface area contributed by atoms with Crippen LogP contribution in [0.1, 0.15) is 49.4 Å². The Balaban J connectivity index is 2.46. The molecule has 0 spiro atoms. The quantitative estimate of drug-likeness (QED) is 0.642. The Morgan fingerprint density at radius 2 is 1.35 bits per heavy atom. The third-order valence-corrected chi connectivity index (χ3v) is 4.52. The lowest BCUT2D eigenvalue weighted by atomic mass is 9.81. The number of hydrogen-bond acceptors (Lipinski definition) is 0. The first kappa shape index (κ1) is 14.8. The molecule has 2 aromatic carbocycles. The summed E-state index contributed by atoms with van der Waals surface area (Å²) in [5, 5.41) is 0. The molecule has 0 aliphatic carbocycles. The van der Waals surface area contributed by atoms with Gasteiger partial charge in [0.25, 0.3) is 0 Å². The fourth-order valence-corrected chi connectivity index (χ4v) is 2.93. The summed E-state index contributed by atoms with van der Waals surface area (Å²) in [6.45, 7) is 13.5. The van der Waals surface area contributed by atoms with Crippen molar-refractivity contribution < 1.29 is 0 Å². The lowest BCUT2D eigenvalue weighted by molar-refractivity contribution is 0.506. The Bertz CT molecular complexity index is 577. The summed E-state index contributed by atoms with van der Waals surface area (Å²) in [6, 6.07) is 13.7. The van der Waals surface area contributed by atoms with E-state index in [0.29, 0.717) is 0 Å². The first-order chi connectivity index (χ1) is 9.35. The number of rotatable bonds is 3. The van der Waals surface area contributed by atoms with Crippen molar-refractivity contribution in [2.24, 2.45) is 0 Å². The van der Waals surface area contributed by atoms with Gasteiger partial charge < -0.3 is 0 Å². The lowest BCUT2D eigenvalue weighted by Crippen LogP contribution is -2.14. The van der Waals surface area contributed by atoms with E-state index in [2.05, 4.69) is 77.9 Å². The van der Waals surface area contributed by atoms with Gasteiger partial charge in [-0.1, -0.05) is 62.7 Å². The van der Waals surface area contributed by atoms with Crippen LogP contribution in [0.4, 0.5) is 0 Å². The zero-order valence-electron chi connectivity index (χ0n) is 13.7. The fourth-order valence-electron chi connectivity index (χ4n) is 2.93. The number of benzene rings is 2. The van der Waals surface area contributed by atoms with E-state index in [1.165, 1.54) is 33.4 Å². The van der Waals surface area contributed by atoms with Crippen LogP contribution in [0.15, 0.2) is 36.4 Å². The molecule has 2 aromatic rings. The second kappa shape index (κ2) is 5.44. The first-order valence-corrected chi connectivity index (χ1v) is 7.54. The van der Waals surface area contributed by atoms with Crippen molar-refractivity contribution in [1.29, 1.82) is 0 Å². The third kappa shape index (κ3) is 2.80. The smallest absolute Gasteiger partial charge is 0.0106 e. The Hall–Kier alpha value is -1.56. The van der Waals surface area contributed by atoms with Crippen LogP contribution < -0.4 is 0 Å². The zero-order chi connectivity index (χ0) is 14.9. The molecule has 0 aliphatic heterocycles. The molecular formula is C20H26. The van der Waals surface area contributed by atoms with Crippen LogP contribution in [0, 0.1) is 20.8 Å². The van der Waals surface area contributed by atoms with Gasteiger partial charge in [0.1, 0.15) is 0 Å². The molecule has 20 heavy (non-hydrogen) atoms. The molecular weight excluding hydrogens is 240 g/mol. The topological polar surface area (TPSA) is 0 Å².